The minimum atomic E-state index is -1.24. The molecule has 0 aromatic heterocycles. The first-order valence-corrected chi connectivity index (χ1v) is 16.4. The molecule has 47 heavy (non-hydrogen) atoms. The van der Waals surface area contributed by atoms with Crippen molar-refractivity contribution in [3.05, 3.63) is 57.6 Å². The van der Waals surface area contributed by atoms with Gasteiger partial charge in [0.05, 0.1) is 72.7 Å². The van der Waals surface area contributed by atoms with Crippen LogP contribution in [0.15, 0.2) is 24.3 Å². The molecular weight excluding hydrogens is 604 g/mol. The number of carbonyl (C=O) groups is 1. The number of phenolic OH excluding ortho intramolecular Hbond substituents is 2. The van der Waals surface area contributed by atoms with Crippen molar-refractivity contribution in [3.8, 4) is 11.5 Å². The third-order valence-corrected chi connectivity index (χ3v) is 7.96. The first-order valence-electron chi connectivity index (χ1n) is 16.4. The second-order valence-electron chi connectivity index (χ2n) is 13.9. The molecule has 10 heteroatoms. The Hall–Kier alpha value is -2.73. The molecule has 0 aliphatic heterocycles. The highest BCUT2D eigenvalue weighted by atomic mass is 16.6. The summed E-state index contributed by atoms with van der Waals surface area (Å²) in [6.07, 6.45) is 0. The van der Waals surface area contributed by atoms with Crippen LogP contribution in [0.4, 0.5) is 0 Å². The van der Waals surface area contributed by atoms with Gasteiger partial charge in [0.1, 0.15) is 23.5 Å². The Morgan fingerprint density at radius 2 is 0.872 bits per heavy atom. The van der Waals surface area contributed by atoms with E-state index in [0.29, 0.717) is 81.7 Å². The lowest BCUT2D eigenvalue weighted by Gasteiger charge is -2.33. The molecule has 0 radical (unpaired) electrons. The molecule has 266 valence electrons. The van der Waals surface area contributed by atoms with Gasteiger partial charge in [0.2, 0.25) is 0 Å². The molecule has 0 amide bonds. The molecule has 0 unspecified atom stereocenters. The van der Waals surface area contributed by atoms with Crippen LogP contribution in [-0.4, -0.2) is 101 Å². The van der Waals surface area contributed by atoms with Gasteiger partial charge in [-0.3, -0.25) is 4.79 Å². The van der Waals surface area contributed by atoms with Gasteiger partial charge in [-0.25, -0.2) is 0 Å². The molecule has 3 N–H and O–H groups in total. The molecule has 2 aromatic carbocycles. The summed E-state index contributed by atoms with van der Waals surface area (Å²) in [7, 11) is 0. The van der Waals surface area contributed by atoms with E-state index in [0.717, 1.165) is 11.1 Å². The number of ether oxygens (including phenoxy) is 6. The Morgan fingerprint density at radius 3 is 1.19 bits per heavy atom. The van der Waals surface area contributed by atoms with Gasteiger partial charge in [0.25, 0.3) is 0 Å². The average molecular weight is 663 g/mol. The number of rotatable bonds is 20. The van der Waals surface area contributed by atoms with Crippen LogP contribution in [0.3, 0.4) is 0 Å². The van der Waals surface area contributed by atoms with Crippen molar-refractivity contribution < 1.29 is 48.5 Å². The Bertz CT molecular complexity index is 1190. The van der Waals surface area contributed by atoms with Gasteiger partial charge in [-0.05, 0) is 65.0 Å². The molecule has 10 nitrogen and oxygen atoms in total. The summed E-state index contributed by atoms with van der Waals surface area (Å²) in [6, 6.07) is 7.46. The van der Waals surface area contributed by atoms with Crippen LogP contribution in [0.5, 0.6) is 11.5 Å². The average Bonchev–Trinajstić information content (AvgIpc) is 2.99. The number of benzene rings is 2. The van der Waals surface area contributed by atoms with Crippen LogP contribution in [0, 0.1) is 13.8 Å². The van der Waals surface area contributed by atoms with Gasteiger partial charge in [-0.2, -0.15) is 0 Å². The van der Waals surface area contributed by atoms with E-state index in [4.69, 9.17) is 33.5 Å². The number of phenols is 2. The Balaban J connectivity index is 2.02. The summed E-state index contributed by atoms with van der Waals surface area (Å²) >= 11 is 0. The molecule has 2 aromatic rings. The number of aliphatic hydroxyl groups excluding tert-OH is 1. The fourth-order valence-electron chi connectivity index (χ4n) is 5.07. The van der Waals surface area contributed by atoms with Gasteiger partial charge in [0, 0.05) is 0 Å². The van der Waals surface area contributed by atoms with Crippen molar-refractivity contribution in [2.45, 2.75) is 78.6 Å². The van der Waals surface area contributed by atoms with E-state index in [1.807, 2.05) is 86.6 Å². The minimum Gasteiger partial charge on any atom is -0.507 e. The van der Waals surface area contributed by atoms with Gasteiger partial charge >= 0.3 is 5.97 Å². The van der Waals surface area contributed by atoms with Crippen molar-refractivity contribution in [3.63, 3.8) is 0 Å². The number of esters is 1. The van der Waals surface area contributed by atoms with Crippen molar-refractivity contribution >= 4 is 5.97 Å². The molecule has 2 rings (SSSR count). The normalized spacial score (nSPS) is 12.5. The van der Waals surface area contributed by atoms with Gasteiger partial charge < -0.3 is 43.7 Å². The number of carbonyl (C=O) groups excluding carboxylic acids is 1. The number of hydrogen-bond donors (Lipinski definition) is 3. The second kappa shape index (κ2) is 18.7. The third-order valence-electron chi connectivity index (χ3n) is 7.96. The zero-order chi connectivity index (χ0) is 35.3. The lowest BCUT2D eigenvalue weighted by atomic mass is 9.71. The standard InChI is InChI=1S/C37H58O10/c1-26-22-28(24-30(32(26)39)35(3,4)5)37(9,29-23-27(2)33(40)31(25-29)36(6,7)8)34(41)47-21-20-46-19-18-45-17-16-44-15-14-43-13-12-42-11-10-38/h22-25,38-40H,10-21H2,1-9H3. The number of aromatic hydroxyl groups is 2. The third kappa shape index (κ3) is 12.0. The second-order valence-corrected chi connectivity index (χ2v) is 13.9. The van der Waals surface area contributed by atoms with Crippen molar-refractivity contribution in [1.82, 2.24) is 0 Å². The number of hydrogen-bond acceptors (Lipinski definition) is 10. The summed E-state index contributed by atoms with van der Waals surface area (Å²) in [5.41, 5.74) is 2.22. The minimum absolute atomic E-state index is 0.00206. The first-order chi connectivity index (χ1) is 22.0. The molecule has 0 fully saturated rings. The predicted molar refractivity (Wildman–Crippen MR) is 182 cm³/mol. The van der Waals surface area contributed by atoms with Crippen LogP contribution < -0.4 is 0 Å². The Kier molecular flexibility index (Phi) is 16.1. The molecular formula is C37H58O10. The zero-order valence-corrected chi connectivity index (χ0v) is 30.0. The summed E-state index contributed by atoms with van der Waals surface area (Å²) in [6.45, 7) is 21.6. The topological polar surface area (TPSA) is 133 Å². The van der Waals surface area contributed by atoms with Crippen molar-refractivity contribution in [2.75, 3.05) is 79.3 Å². The maximum Gasteiger partial charge on any atom is 0.320 e. The Labute approximate surface area is 281 Å². The van der Waals surface area contributed by atoms with Crippen LogP contribution >= 0.6 is 0 Å². The van der Waals surface area contributed by atoms with E-state index < -0.39 is 11.4 Å². The van der Waals surface area contributed by atoms with E-state index >= 15 is 0 Å². The molecule has 0 atom stereocenters. The largest absolute Gasteiger partial charge is 0.507 e. The fourth-order valence-corrected chi connectivity index (χ4v) is 5.07. The van der Waals surface area contributed by atoms with Crippen LogP contribution in [0.1, 0.15) is 81.8 Å². The van der Waals surface area contributed by atoms with E-state index in [2.05, 4.69) is 0 Å². The monoisotopic (exact) mass is 662 g/mol. The molecule has 0 aliphatic rings. The SMILES string of the molecule is Cc1cc(C(C)(C(=O)OCCOCCOCCOCCOCCOCCO)c2cc(C)c(O)c(C(C)(C)C)c2)cc(C(C)(C)C)c1O. The number of aliphatic hydroxyl groups is 1. The van der Waals surface area contributed by atoms with Crippen LogP contribution in [0.25, 0.3) is 0 Å². The van der Waals surface area contributed by atoms with Crippen molar-refractivity contribution in [2.24, 2.45) is 0 Å². The lowest BCUT2D eigenvalue weighted by molar-refractivity contribution is -0.150. The summed E-state index contributed by atoms with van der Waals surface area (Å²) < 4.78 is 33.0. The molecule has 0 aliphatic carbocycles. The Morgan fingerprint density at radius 1 is 0.553 bits per heavy atom. The van der Waals surface area contributed by atoms with E-state index in [1.165, 1.54) is 0 Å². The predicted octanol–water partition coefficient (Wildman–Crippen LogP) is 5.23. The van der Waals surface area contributed by atoms with E-state index in [9.17, 15) is 15.0 Å². The molecule has 0 spiro atoms. The van der Waals surface area contributed by atoms with Crippen molar-refractivity contribution in [1.29, 1.82) is 0 Å². The molecule has 0 heterocycles. The van der Waals surface area contributed by atoms with E-state index in [1.54, 1.807) is 0 Å². The zero-order valence-electron chi connectivity index (χ0n) is 30.0. The highest BCUT2D eigenvalue weighted by Crippen LogP contribution is 2.43. The lowest BCUT2D eigenvalue weighted by Crippen LogP contribution is -2.37. The molecule has 0 saturated heterocycles. The summed E-state index contributed by atoms with van der Waals surface area (Å²) in [5.74, 6) is -0.0319. The smallest absolute Gasteiger partial charge is 0.320 e. The van der Waals surface area contributed by atoms with Crippen LogP contribution in [-0.2, 0) is 49.5 Å². The summed E-state index contributed by atoms with van der Waals surface area (Å²) in [5, 5.41) is 30.5. The molecule has 0 saturated carbocycles. The highest BCUT2D eigenvalue weighted by molar-refractivity contribution is 5.88. The van der Waals surface area contributed by atoms with Gasteiger partial charge in [-0.15, -0.1) is 0 Å². The fraction of sp³-hybridized carbons (Fsp3) is 0.649. The quantitative estimate of drug-likeness (QED) is 0.128. The van der Waals surface area contributed by atoms with Gasteiger partial charge in [0.15, 0.2) is 0 Å². The van der Waals surface area contributed by atoms with Crippen LogP contribution in [0.2, 0.25) is 0 Å². The highest BCUT2D eigenvalue weighted by Gasteiger charge is 2.41. The maximum atomic E-state index is 14.1. The van der Waals surface area contributed by atoms with Gasteiger partial charge in [-0.1, -0.05) is 65.8 Å². The number of aryl methyl sites for hydroxylation is 2. The van der Waals surface area contributed by atoms with E-state index in [-0.39, 0.29) is 42.1 Å². The molecule has 0 bridgehead atoms. The summed E-state index contributed by atoms with van der Waals surface area (Å²) in [4.78, 5) is 14.1. The maximum absolute atomic E-state index is 14.1. The first kappa shape index (κ1) is 40.4.